The highest BCUT2D eigenvalue weighted by molar-refractivity contribution is 5.13. The predicted molar refractivity (Wildman–Crippen MR) is 97.6 cm³/mol. The van der Waals surface area contributed by atoms with E-state index in [4.69, 9.17) is 14.2 Å². The molecule has 1 saturated heterocycles. The molecule has 6 atom stereocenters. The van der Waals surface area contributed by atoms with Crippen molar-refractivity contribution in [3.05, 3.63) is 48.6 Å². The fourth-order valence-corrected chi connectivity index (χ4v) is 3.38. The van der Waals surface area contributed by atoms with Crippen molar-refractivity contribution in [1.82, 2.24) is 0 Å². The Morgan fingerprint density at radius 1 is 1.32 bits per heavy atom. The summed E-state index contributed by atoms with van der Waals surface area (Å²) in [7, 11) is 0. The van der Waals surface area contributed by atoms with Crippen LogP contribution in [0.3, 0.4) is 0 Å². The average Bonchev–Trinajstić information content (AvgIpc) is 2.65. The number of nitrogens with zero attached hydrogens (tertiary/aromatic N) is 1. The number of benzene rings is 1. The topological polar surface area (TPSA) is 51.5 Å². The van der Waals surface area contributed by atoms with Crippen LogP contribution in [0.15, 0.2) is 43.0 Å². The van der Waals surface area contributed by atoms with Gasteiger partial charge in [0, 0.05) is 11.8 Å². The Kier molecular flexibility index (Phi) is 7.64. The van der Waals surface area contributed by atoms with Gasteiger partial charge in [-0.1, -0.05) is 50.3 Å². The third kappa shape index (κ3) is 4.92. The second-order valence-electron chi connectivity index (χ2n) is 6.52. The summed E-state index contributed by atoms with van der Waals surface area (Å²) in [5, 5.41) is 9.22. The lowest BCUT2D eigenvalue weighted by Crippen LogP contribution is -2.52. The predicted octanol–water partition coefficient (Wildman–Crippen LogP) is 4.46. The molecule has 1 aromatic carbocycles. The van der Waals surface area contributed by atoms with Crippen molar-refractivity contribution in [3.8, 4) is 6.07 Å². The molecule has 1 aliphatic rings. The van der Waals surface area contributed by atoms with Crippen LogP contribution < -0.4 is 0 Å². The van der Waals surface area contributed by atoms with Crippen molar-refractivity contribution >= 4 is 0 Å². The maximum atomic E-state index is 9.22. The number of ether oxygens (including phenoxy) is 3. The summed E-state index contributed by atoms with van der Waals surface area (Å²) in [4.78, 5) is 0. The summed E-state index contributed by atoms with van der Waals surface area (Å²) in [6, 6.07) is 12.3. The van der Waals surface area contributed by atoms with E-state index in [0.717, 1.165) is 12.0 Å². The fraction of sp³-hybridized carbons (Fsp3) is 0.571. The van der Waals surface area contributed by atoms with Crippen LogP contribution in [0.1, 0.15) is 39.2 Å². The summed E-state index contributed by atoms with van der Waals surface area (Å²) in [5.41, 5.74) is 1.14. The quantitative estimate of drug-likeness (QED) is 0.654. The molecule has 25 heavy (non-hydrogen) atoms. The van der Waals surface area contributed by atoms with Crippen LogP contribution in [0, 0.1) is 23.2 Å². The van der Waals surface area contributed by atoms with Gasteiger partial charge in [-0.25, -0.2) is 0 Å². The average molecular weight is 343 g/mol. The normalized spacial score (nSPS) is 30.4. The van der Waals surface area contributed by atoms with Gasteiger partial charge in [0.2, 0.25) is 0 Å². The molecule has 0 amide bonds. The Morgan fingerprint density at radius 3 is 2.60 bits per heavy atom. The molecule has 2 rings (SSSR count). The third-order valence-electron chi connectivity index (χ3n) is 4.88. The van der Waals surface area contributed by atoms with Crippen LogP contribution in [0.4, 0.5) is 0 Å². The van der Waals surface area contributed by atoms with Gasteiger partial charge in [0.15, 0.2) is 6.29 Å². The zero-order valence-corrected chi connectivity index (χ0v) is 15.4. The molecule has 0 saturated carbocycles. The first-order chi connectivity index (χ1) is 12.1. The fourth-order valence-electron chi connectivity index (χ4n) is 3.38. The van der Waals surface area contributed by atoms with Crippen molar-refractivity contribution in [2.24, 2.45) is 11.8 Å². The third-order valence-corrected chi connectivity index (χ3v) is 4.88. The lowest BCUT2D eigenvalue weighted by molar-refractivity contribution is -0.274. The Morgan fingerprint density at radius 2 is 2.04 bits per heavy atom. The Hall–Kier alpha value is -1.67. The Bertz CT molecular complexity index is 568. The van der Waals surface area contributed by atoms with Gasteiger partial charge in [-0.2, -0.15) is 5.26 Å². The zero-order valence-electron chi connectivity index (χ0n) is 15.4. The molecular formula is C21H29NO3. The van der Waals surface area contributed by atoms with Crippen LogP contribution in [0.2, 0.25) is 0 Å². The number of hydrogen-bond acceptors (Lipinski definition) is 4. The summed E-state index contributed by atoms with van der Waals surface area (Å²) in [5.74, 6) is 0.154. The van der Waals surface area contributed by atoms with Gasteiger partial charge in [0.1, 0.15) is 6.10 Å². The lowest BCUT2D eigenvalue weighted by atomic mass is 9.82. The minimum Gasteiger partial charge on any atom is -0.372 e. The van der Waals surface area contributed by atoms with Gasteiger partial charge < -0.3 is 14.2 Å². The number of rotatable bonds is 8. The summed E-state index contributed by atoms with van der Waals surface area (Å²) < 4.78 is 18.3. The molecular weight excluding hydrogens is 314 g/mol. The van der Waals surface area contributed by atoms with Crippen molar-refractivity contribution in [3.63, 3.8) is 0 Å². The van der Waals surface area contributed by atoms with E-state index in [1.807, 2.05) is 38.1 Å². The zero-order chi connectivity index (χ0) is 18.2. The summed E-state index contributed by atoms with van der Waals surface area (Å²) >= 11 is 0. The van der Waals surface area contributed by atoms with Crippen molar-refractivity contribution < 1.29 is 14.2 Å². The van der Waals surface area contributed by atoms with E-state index >= 15 is 0 Å². The van der Waals surface area contributed by atoms with E-state index in [2.05, 4.69) is 31.7 Å². The molecule has 6 unspecified atom stereocenters. The maximum Gasteiger partial charge on any atom is 0.165 e. The van der Waals surface area contributed by atoms with Crippen LogP contribution in [0.5, 0.6) is 0 Å². The molecule has 0 N–H and O–H groups in total. The largest absolute Gasteiger partial charge is 0.372 e. The van der Waals surface area contributed by atoms with Gasteiger partial charge in [-0.3, -0.25) is 0 Å². The molecule has 136 valence electrons. The van der Waals surface area contributed by atoms with Crippen LogP contribution in [0.25, 0.3) is 0 Å². The SMILES string of the molecule is C=CC1C(C)OC(OC(C#N)CC)C(CC)C1OCc1ccccc1. The van der Waals surface area contributed by atoms with Gasteiger partial charge in [0.25, 0.3) is 0 Å². The van der Waals surface area contributed by atoms with E-state index in [1.165, 1.54) is 0 Å². The molecule has 1 fully saturated rings. The highest BCUT2D eigenvalue weighted by atomic mass is 16.7. The van der Waals surface area contributed by atoms with E-state index in [-0.39, 0.29) is 24.0 Å². The molecule has 1 aromatic rings. The minimum absolute atomic E-state index is 0.0485. The summed E-state index contributed by atoms with van der Waals surface area (Å²) in [6.45, 7) is 10.6. The van der Waals surface area contributed by atoms with E-state index in [1.54, 1.807) is 0 Å². The standard InChI is InChI=1S/C21H29NO3/c1-5-17(13-22)25-21-19(7-3)20(18(6-2)15(4)24-21)23-14-16-11-9-8-10-12-16/h6,8-12,15,17-21H,2,5,7,14H2,1,3-4H3. The van der Waals surface area contributed by atoms with Gasteiger partial charge >= 0.3 is 0 Å². The van der Waals surface area contributed by atoms with Crippen molar-refractivity contribution in [1.29, 1.82) is 5.26 Å². The Balaban J connectivity index is 2.15. The maximum absolute atomic E-state index is 9.22. The molecule has 4 heteroatoms. The van der Waals surface area contributed by atoms with Crippen LogP contribution >= 0.6 is 0 Å². The van der Waals surface area contributed by atoms with Gasteiger partial charge in [-0.05, 0) is 25.3 Å². The second kappa shape index (κ2) is 9.72. The highest BCUT2D eigenvalue weighted by Gasteiger charge is 2.44. The minimum atomic E-state index is -0.457. The molecule has 0 spiro atoms. The van der Waals surface area contributed by atoms with Gasteiger partial charge in [-0.15, -0.1) is 6.58 Å². The number of nitriles is 1. The molecule has 0 aliphatic carbocycles. The number of hydrogen-bond donors (Lipinski definition) is 0. The summed E-state index contributed by atoms with van der Waals surface area (Å²) in [6.07, 6.45) is 2.41. The van der Waals surface area contributed by atoms with E-state index in [9.17, 15) is 5.26 Å². The first-order valence-electron chi connectivity index (χ1n) is 9.13. The molecule has 1 heterocycles. The molecule has 1 aliphatic heterocycles. The monoisotopic (exact) mass is 343 g/mol. The van der Waals surface area contributed by atoms with Crippen molar-refractivity contribution in [2.45, 2.75) is 64.8 Å². The smallest absolute Gasteiger partial charge is 0.165 e. The molecule has 0 bridgehead atoms. The van der Waals surface area contributed by atoms with Crippen LogP contribution in [-0.4, -0.2) is 24.6 Å². The molecule has 4 nitrogen and oxygen atoms in total. The van der Waals surface area contributed by atoms with E-state index in [0.29, 0.717) is 13.0 Å². The lowest BCUT2D eigenvalue weighted by Gasteiger charge is -2.45. The van der Waals surface area contributed by atoms with Gasteiger partial charge in [0.05, 0.1) is 24.9 Å². The first-order valence-corrected chi connectivity index (χ1v) is 9.13. The first kappa shape index (κ1) is 19.7. The molecule has 0 aromatic heterocycles. The molecule has 0 radical (unpaired) electrons. The van der Waals surface area contributed by atoms with Crippen molar-refractivity contribution in [2.75, 3.05) is 0 Å². The van der Waals surface area contributed by atoms with E-state index < -0.39 is 12.4 Å². The van der Waals surface area contributed by atoms with Crippen LogP contribution in [-0.2, 0) is 20.8 Å². The Labute approximate surface area is 151 Å². The second-order valence-corrected chi connectivity index (χ2v) is 6.52. The highest BCUT2D eigenvalue weighted by Crippen LogP contribution is 2.36.